The molecule has 0 radical (unpaired) electrons. The first-order valence-electron chi connectivity index (χ1n) is 7.35. The molecule has 3 unspecified atom stereocenters. The minimum Gasteiger partial charge on any atom is -0.257 e. The highest BCUT2D eigenvalue weighted by molar-refractivity contribution is 7.99. The van der Waals surface area contributed by atoms with Gasteiger partial charge in [0.1, 0.15) is 0 Å². The zero-order chi connectivity index (χ0) is 12.1. The van der Waals surface area contributed by atoms with Gasteiger partial charge in [0.05, 0.1) is 0 Å². The monoisotopic (exact) mass is 256 g/mol. The van der Waals surface area contributed by atoms with Crippen molar-refractivity contribution in [1.29, 1.82) is 0 Å². The zero-order valence-electron chi connectivity index (χ0n) is 11.4. The number of hydrogen-bond acceptors (Lipinski definition) is 3. The Morgan fingerprint density at radius 3 is 2.94 bits per heavy atom. The molecule has 0 aromatic heterocycles. The van der Waals surface area contributed by atoms with E-state index in [4.69, 9.17) is 0 Å². The Hall–Kier alpha value is 0.270. The van der Waals surface area contributed by atoms with Crippen molar-refractivity contribution in [1.82, 2.24) is 10.9 Å². The highest BCUT2D eigenvalue weighted by Crippen LogP contribution is 2.43. The van der Waals surface area contributed by atoms with Crippen molar-refractivity contribution in [2.45, 2.75) is 69.1 Å². The number of thioether (sulfide) groups is 1. The smallest absolute Gasteiger partial charge is 0.0375 e. The largest absolute Gasteiger partial charge is 0.257 e. The lowest BCUT2D eigenvalue weighted by Gasteiger charge is -2.43. The first-order chi connectivity index (χ1) is 8.32. The quantitative estimate of drug-likeness (QED) is 0.713. The lowest BCUT2D eigenvalue weighted by Crippen LogP contribution is -2.52. The fraction of sp³-hybridized carbons (Fsp3) is 1.00. The fourth-order valence-electron chi connectivity index (χ4n) is 3.70. The van der Waals surface area contributed by atoms with Crippen molar-refractivity contribution < 1.29 is 0 Å². The van der Waals surface area contributed by atoms with Crippen LogP contribution in [0.25, 0.3) is 0 Å². The van der Waals surface area contributed by atoms with Crippen LogP contribution in [0.2, 0.25) is 0 Å². The van der Waals surface area contributed by atoms with Gasteiger partial charge in [0.15, 0.2) is 0 Å². The molecule has 0 aromatic rings. The summed E-state index contributed by atoms with van der Waals surface area (Å²) in [7, 11) is 0. The van der Waals surface area contributed by atoms with Gasteiger partial charge in [-0.05, 0) is 25.5 Å². The van der Waals surface area contributed by atoms with Crippen LogP contribution < -0.4 is 10.9 Å². The Kier molecular flexibility index (Phi) is 5.19. The van der Waals surface area contributed by atoms with Crippen LogP contribution in [0.3, 0.4) is 0 Å². The van der Waals surface area contributed by atoms with Crippen molar-refractivity contribution in [3.05, 3.63) is 0 Å². The summed E-state index contributed by atoms with van der Waals surface area (Å²) < 4.78 is 0. The summed E-state index contributed by atoms with van der Waals surface area (Å²) in [6.45, 7) is 3.47. The lowest BCUT2D eigenvalue weighted by atomic mass is 9.71. The van der Waals surface area contributed by atoms with Crippen LogP contribution >= 0.6 is 11.8 Å². The van der Waals surface area contributed by atoms with Crippen LogP contribution in [0.1, 0.15) is 58.3 Å². The predicted octanol–water partition coefficient (Wildman–Crippen LogP) is 3.34. The molecule has 1 saturated carbocycles. The summed E-state index contributed by atoms with van der Waals surface area (Å²) in [5, 5.41) is 0.873. The second kappa shape index (κ2) is 6.44. The summed E-state index contributed by atoms with van der Waals surface area (Å²) in [5.41, 5.74) is 7.53. The molecular weight excluding hydrogens is 228 g/mol. The molecule has 2 fully saturated rings. The Balaban J connectivity index is 1.90. The van der Waals surface area contributed by atoms with Gasteiger partial charge in [0.2, 0.25) is 0 Å². The second-order valence-corrected chi connectivity index (χ2v) is 6.82. The van der Waals surface area contributed by atoms with Crippen LogP contribution in [0, 0.1) is 5.92 Å². The molecule has 1 saturated heterocycles. The fourth-order valence-corrected chi connectivity index (χ4v) is 4.79. The van der Waals surface area contributed by atoms with E-state index in [1.807, 2.05) is 0 Å². The molecule has 0 amide bonds. The number of rotatable bonds is 6. The standard InChI is InChI=1S/C14H28N2S/c1-3-4-5-6-9-14-10-7-8-13(17-2)12(14)11-15-16-14/h12-13,15-16H,3-11H2,1-2H3. The van der Waals surface area contributed by atoms with Crippen LogP contribution in [0.15, 0.2) is 0 Å². The lowest BCUT2D eigenvalue weighted by molar-refractivity contribution is 0.186. The Morgan fingerprint density at radius 2 is 2.18 bits per heavy atom. The summed E-state index contributed by atoms with van der Waals surface area (Å²) in [5.74, 6) is 0.855. The maximum Gasteiger partial charge on any atom is 0.0375 e. The number of fused-ring (bicyclic) bond motifs is 1. The summed E-state index contributed by atoms with van der Waals surface area (Å²) in [4.78, 5) is 0. The van der Waals surface area contributed by atoms with Gasteiger partial charge in [-0.3, -0.25) is 10.9 Å². The van der Waals surface area contributed by atoms with Gasteiger partial charge >= 0.3 is 0 Å². The third-order valence-electron chi connectivity index (χ3n) is 4.71. The van der Waals surface area contributed by atoms with E-state index in [9.17, 15) is 0 Å². The zero-order valence-corrected chi connectivity index (χ0v) is 12.2. The van der Waals surface area contributed by atoms with Crippen LogP contribution in [0.5, 0.6) is 0 Å². The molecule has 0 aromatic carbocycles. The maximum absolute atomic E-state index is 3.65. The van der Waals surface area contributed by atoms with Gasteiger partial charge in [-0.2, -0.15) is 11.8 Å². The number of hydrogen-bond donors (Lipinski definition) is 2. The Labute approximate surface area is 111 Å². The molecule has 2 nitrogen and oxygen atoms in total. The molecule has 100 valence electrons. The van der Waals surface area contributed by atoms with E-state index < -0.39 is 0 Å². The van der Waals surface area contributed by atoms with Gasteiger partial charge in [0, 0.05) is 23.3 Å². The highest BCUT2D eigenvalue weighted by atomic mass is 32.2. The molecule has 17 heavy (non-hydrogen) atoms. The molecule has 0 bridgehead atoms. The van der Waals surface area contributed by atoms with Gasteiger partial charge in [0.25, 0.3) is 0 Å². The third-order valence-corrected chi connectivity index (χ3v) is 5.88. The van der Waals surface area contributed by atoms with Crippen molar-refractivity contribution in [3.8, 4) is 0 Å². The van der Waals surface area contributed by atoms with Crippen molar-refractivity contribution in [2.75, 3.05) is 12.8 Å². The first-order valence-corrected chi connectivity index (χ1v) is 8.64. The average Bonchev–Trinajstić information content (AvgIpc) is 2.78. The molecule has 0 spiro atoms. The van der Waals surface area contributed by atoms with Gasteiger partial charge in [-0.1, -0.05) is 39.0 Å². The van der Waals surface area contributed by atoms with E-state index in [0.29, 0.717) is 5.54 Å². The van der Waals surface area contributed by atoms with Crippen molar-refractivity contribution in [2.24, 2.45) is 5.92 Å². The number of unbranched alkanes of at least 4 members (excludes halogenated alkanes) is 3. The minimum absolute atomic E-state index is 0.430. The topological polar surface area (TPSA) is 24.1 Å². The minimum atomic E-state index is 0.430. The molecule has 2 rings (SSSR count). The molecule has 1 aliphatic carbocycles. The summed E-state index contributed by atoms with van der Waals surface area (Å²) in [6.07, 6.45) is 13.4. The molecular formula is C14H28N2S. The van der Waals surface area contributed by atoms with Crippen molar-refractivity contribution in [3.63, 3.8) is 0 Å². The Bertz CT molecular complexity index is 234. The van der Waals surface area contributed by atoms with Crippen LogP contribution in [0.4, 0.5) is 0 Å². The molecule has 3 heteroatoms. The normalized spacial score (nSPS) is 37.1. The predicted molar refractivity (Wildman–Crippen MR) is 77.3 cm³/mol. The van der Waals surface area contributed by atoms with Crippen LogP contribution in [-0.4, -0.2) is 23.6 Å². The maximum atomic E-state index is 3.65. The second-order valence-electron chi connectivity index (χ2n) is 5.75. The van der Waals surface area contributed by atoms with E-state index in [1.54, 1.807) is 0 Å². The third kappa shape index (κ3) is 2.99. The summed E-state index contributed by atoms with van der Waals surface area (Å²) >= 11 is 2.08. The highest BCUT2D eigenvalue weighted by Gasteiger charge is 2.47. The molecule has 2 N–H and O–H groups in total. The molecule has 3 atom stereocenters. The Morgan fingerprint density at radius 1 is 1.29 bits per heavy atom. The number of nitrogens with one attached hydrogen (secondary N) is 2. The molecule has 2 aliphatic rings. The number of hydrazine groups is 1. The van der Waals surface area contributed by atoms with Gasteiger partial charge < -0.3 is 0 Å². The SMILES string of the molecule is CCCCCCC12CCCC(SC)C1CNN2. The average molecular weight is 256 g/mol. The van der Waals surface area contributed by atoms with E-state index in [0.717, 1.165) is 11.2 Å². The van der Waals surface area contributed by atoms with E-state index in [-0.39, 0.29) is 0 Å². The van der Waals surface area contributed by atoms with Gasteiger partial charge in [-0.15, -0.1) is 0 Å². The van der Waals surface area contributed by atoms with E-state index in [1.165, 1.54) is 57.9 Å². The molecule has 1 heterocycles. The van der Waals surface area contributed by atoms with E-state index in [2.05, 4.69) is 35.8 Å². The van der Waals surface area contributed by atoms with E-state index >= 15 is 0 Å². The van der Waals surface area contributed by atoms with Crippen LogP contribution in [-0.2, 0) is 0 Å². The van der Waals surface area contributed by atoms with Gasteiger partial charge in [-0.25, -0.2) is 0 Å². The summed E-state index contributed by atoms with van der Waals surface area (Å²) in [6, 6.07) is 0. The molecule has 1 aliphatic heterocycles. The first kappa shape index (κ1) is 13.7. The van der Waals surface area contributed by atoms with Crippen molar-refractivity contribution >= 4 is 11.8 Å².